The number of carboxylic acids is 1. The van der Waals surface area contributed by atoms with Gasteiger partial charge in [-0.1, -0.05) is 12.7 Å². The van der Waals surface area contributed by atoms with E-state index in [0.717, 1.165) is 24.7 Å². The van der Waals surface area contributed by atoms with Crippen molar-refractivity contribution in [3.8, 4) is 28.7 Å². The number of carboxylic acid groups (broad SMARTS) is 1. The van der Waals surface area contributed by atoms with E-state index >= 15 is 0 Å². The molecule has 0 bridgehead atoms. The molecular formula is C22H18I2N2O6S. The Hall–Kier alpha value is -2.26. The molecule has 1 aromatic heterocycles. The molecule has 8 nitrogen and oxygen atoms in total. The third kappa shape index (κ3) is 6.63. The number of rotatable bonds is 10. The molecule has 0 saturated carbocycles. The Bertz CT molecular complexity index is 1170. The number of thioether (sulfide) groups is 1. The molecule has 0 unspecified atom stereocenters. The van der Waals surface area contributed by atoms with E-state index in [-0.39, 0.29) is 16.0 Å². The summed E-state index contributed by atoms with van der Waals surface area (Å²) in [6, 6.07) is 8.84. The molecule has 0 amide bonds. The number of aromatic nitrogens is 2. The van der Waals surface area contributed by atoms with Crippen LogP contribution < -0.4 is 14.2 Å². The first-order chi connectivity index (χ1) is 15.8. The standard InChI is InChI=1S/C22H18I2N2O6S/c1-4-5-31-19-16(23)6-12(7-17(19)24)8-18(21(27)28)33-22-26-25-20(32-22)13-9-14(29-2)11-15(10-13)30-3/h4,6-11H,1,5H2,2-3H3,(H,27,28)/b18-8-. The average molecular weight is 692 g/mol. The molecule has 0 spiro atoms. The van der Waals surface area contributed by atoms with E-state index < -0.39 is 5.97 Å². The zero-order chi connectivity index (χ0) is 24.0. The van der Waals surface area contributed by atoms with E-state index in [1.807, 2.05) is 12.1 Å². The van der Waals surface area contributed by atoms with Crippen molar-refractivity contribution in [3.05, 3.63) is 60.6 Å². The summed E-state index contributed by atoms with van der Waals surface area (Å²) in [5.41, 5.74) is 1.29. The van der Waals surface area contributed by atoms with Gasteiger partial charge in [-0.05, 0) is 92.8 Å². The van der Waals surface area contributed by atoms with E-state index in [2.05, 4.69) is 62.0 Å². The molecule has 0 fully saturated rings. The van der Waals surface area contributed by atoms with Crippen molar-refractivity contribution in [2.75, 3.05) is 20.8 Å². The maximum Gasteiger partial charge on any atom is 0.342 e. The van der Waals surface area contributed by atoms with Crippen LogP contribution in [0.15, 0.2) is 57.5 Å². The van der Waals surface area contributed by atoms with Crippen molar-refractivity contribution < 1.29 is 28.5 Å². The number of ether oxygens (including phenoxy) is 3. The lowest BCUT2D eigenvalue weighted by Gasteiger charge is -2.10. The number of nitrogens with zero attached hydrogens (tertiary/aromatic N) is 2. The number of hydrogen-bond acceptors (Lipinski definition) is 8. The molecule has 3 rings (SSSR count). The van der Waals surface area contributed by atoms with Crippen molar-refractivity contribution >= 4 is 69.0 Å². The van der Waals surface area contributed by atoms with Crippen LogP contribution in [0.4, 0.5) is 0 Å². The van der Waals surface area contributed by atoms with Crippen LogP contribution in [-0.4, -0.2) is 42.1 Å². The number of methoxy groups -OCH3 is 2. The Morgan fingerprint density at radius 1 is 1.12 bits per heavy atom. The van der Waals surface area contributed by atoms with Gasteiger partial charge in [0.05, 0.1) is 21.4 Å². The number of carbonyl (C=O) groups is 1. The van der Waals surface area contributed by atoms with Crippen molar-refractivity contribution in [2.45, 2.75) is 5.22 Å². The van der Waals surface area contributed by atoms with Gasteiger partial charge >= 0.3 is 5.97 Å². The molecule has 11 heteroatoms. The zero-order valence-corrected chi connectivity index (χ0v) is 22.6. The van der Waals surface area contributed by atoms with Crippen molar-refractivity contribution in [1.82, 2.24) is 10.2 Å². The summed E-state index contributed by atoms with van der Waals surface area (Å²) in [4.78, 5) is 11.9. The van der Waals surface area contributed by atoms with Gasteiger partial charge < -0.3 is 23.7 Å². The molecule has 0 radical (unpaired) electrons. The Balaban J connectivity index is 1.87. The van der Waals surface area contributed by atoms with E-state index in [4.69, 9.17) is 18.6 Å². The largest absolute Gasteiger partial charge is 0.497 e. The first kappa shape index (κ1) is 25.4. The van der Waals surface area contributed by atoms with Crippen molar-refractivity contribution in [2.24, 2.45) is 0 Å². The minimum Gasteiger partial charge on any atom is -0.497 e. The fourth-order valence-corrected chi connectivity index (χ4v) is 5.42. The number of benzene rings is 2. The molecule has 33 heavy (non-hydrogen) atoms. The predicted octanol–water partition coefficient (Wildman–Crippen LogP) is 5.75. The van der Waals surface area contributed by atoms with Gasteiger partial charge in [-0.15, -0.1) is 10.2 Å². The maximum atomic E-state index is 11.9. The summed E-state index contributed by atoms with van der Waals surface area (Å²) >= 11 is 5.17. The van der Waals surface area contributed by atoms with Crippen molar-refractivity contribution in [3.63, 3.8) is 0 Å². The Labute approximate surface area is 221 Å². The van der Waals surface area contributed by atoms with E-state index in [0.29, 0.717) is 29.2 Å². The summed E-state index contributed by atoms with van der Waals surface area (Å²) < 4.78 is 23.6. The number of halogens is 2. The average Bonchev–Trinajstić information content (AvgIpc) is 3.26. The first-order valence-corrected chi connectivity index (χ1v) is 12.2. The van der Waals surface area contributed by atoms with Gasteiger partial charge in [-0.25, -0.2) is 4.79 Å². The second kappa shape index (κ2) is 11.7. The van der Waals surface area contributed by atoms with Crippen LogP contribution in [0.25, 0.3) is 17.5 Å². The normalized spacial score (nSPS) is 11.2. The highest BCUT2D eigenvalue weighted by atomic mass is 127. The number of hydrogen-bond donors (Lipinski definition) is 1. The lowest BCUT2D eigenvalue weighted by atomic mass is 10.2. The molecule has 0 atom stereocenters. The topological polar surface area (TPSA) is 104 Å². The first-order valence-electron chi connectivity index (χ1n) is 9.27. The zero-order valence-electron chi connectivity index (χ0n) is 17.5. The maximum absolute atomic E-state index is 11.9. The fraction of sp³-hybridized carbons (Fsp3) is 0.136. The Morgan fingerprint density at radius 3 is 2.30 bits per heavy atom. The van der Waals surface area contributed by atoms with Gasteiger partial charge in [0.1, 0.15) is 28.8 Å². The minimum atomic E-state index is -1.11. The van der Waals surface area contributed by atoms with Crippen LogP contribution in [0.5, 0.6) is 17.2 Å². The monoisotopic (exact) mass is 692 g/mol. The second-order valence-electron chi connectivity index (χ2n) is 6.30. The van der Waals surface area contributed by atoms with E-state index in [9.17, 15) is 9.90 Å². The highest BCUT2D eigenvalue weighted by molar-refractivity contribution is 14.1. The van der Waals surface area contributed by atoms with E-state index in [1.165, 1.54) is 14.2 Å². The van der Waals surface area contributed by atoms with E-state index in [1.54, 1.807) is 30.4 Å². The molecule has 1 N–H and O–H groups in total. The highest BCUT2D eigenvalue weighted by Crippen LogP contribution is 2.34. The highest BCUT2D eigenvalue weighted by Gasteiger charge is 2.18. The fourth-order valence-electron chi connectivity index (χ4n) is 2.62. The molecule has 0 saturated heterocycles. The lowest BCUT2D eigenvalue weighted by molar-refractivity contribution is -0.131. The minimum absolute atomic E-state index is 0.0276. The van der Waals surface area contributed by atoms with Crippen LogP contribution in [0.2, 0.25) is 0 Å². The molecular weight excluding hydrogens is 674 g/mol. The third-order valence-corrected chi connectivity index (χ3v) is 6.53. The van der Waals surface area contributed by atoms with Crippen LogP contribution in [0.3, 0.4) is 0 Å². The second-order valence-corrected chi connectivity index (χ2v) is 9.62. The number of aliphatic carboxylic acids is 1. The quantitative estimate of drug-likeness (QED) is 0.123. The van der Waals surface area contributed by atoms with Crippen molar-refractivity contribution in [1.29, 1.82) is 0 Å². The van der Waals surface area contributed by atoms with Gasteiger partial charge in [-0.2, -0.15) is 0 Å². The predicted molar refractivity (Wildman–Crippen MR) is 142 cm³/mol. The van der Waals surface area contributed by atoms with Crippen LogP contribution in [0, 0.1) is 7.14 Å². The molecule has 0 aliphatic carbocycles. The summed E-state index contributed by atoms with van der Waals surface area (Å²) in [6.07, 6.45) is 3.21. The summed E-state index contributed by atoms with van der Waals surface area (Å²) in [5.74, 6) is 0.959. The smallest absolute Gasteiger partial charge is 0.342 e. The lowest BCUT2D eigenvalue weighted by Crippen LogP contribution is -1.99. The van der Waals surface area contributed by atoms with Gasteiger partial charge in [0.15, 0.2) is 0 Å². The van der Waals surface area contributed by atoms with Gasteiger partial charge in [0, 0.05) is 11.6 Å². The SMILES string of the molecule is C=CCOc1c(I)cc(/C=C(\Sc2nnc(-c3cc(OC)cc(OC)c3)o2)C(=O)O)cc1I. The summed E-state index contributed by atoms with van der Waals surface area (Å²) in [6.45, 7) is 4.03. The Kier molecular flexibility index (Phi) is 9.02. The molecule has 0 aliphatic rings. The van der Waals surface area contributed by atoms with Gasteiger partial charge in [0.25, 0.3) is 5.22 Å². The van der Waals surface area contributed by atoms with Crippen LogP contribution in [-0.2, 0) is 4.79 Å². The summed E-state index contributed by atoms with van der Waals surface area (Å²) in [5, 5.41) is 17.8. The van der Waals surface area contributed by atoms with Gasteiger partial charge in [-0.3, -0.25) is 0 Å². The molecule has 3 aromatic rings. The molecule has 2 aromatic carbocycles. The molecule has 0 aliphatic heterocycles. The summed E-state index contributed by atoms with van der Waals surface area (Å²) in [7, 11) is 3.08. The third-order valence-electron chi connectivity index (χ3n) is 4.08. The molecule has 172 valence electrons. The Morgan fingerprint density at radius 2 is 1.76 bits per heavy atom. The van der Waals surface area contributed by atoms with Gasteiger partial charge in [0.2, 0.25) is 5.89 Å². The van der Waals surface area contributed by atoms with Crippen LogP contribution in [0.1, 0.15) is 5.56 Å². The van der Waals surface area contributed by atoms with Crippen LogP contribution >= 0.6 is 56.9 Å². The molecule has 1 heterocycles.